The molecular formula is C26H40N6O6. The van der Waals surface area contributed by atoms with Crippen LogP contribution in [0.5, 0.6) is 0 Å². The second kappa shape index (κ2) is 15.1. The number of amides is 3. The number of nitrogens with one attached hydrogen (secondary N) is 4. The Labute approximate surface area is 221 Å². The average molecular weight is 533 g/mol. The predicted octanol–water partition coefficient (Wildman–Crippen LogP) is -0.256. The summed E-state index contributed by atoms with van der Waals surface area (Å²) >= 11 is 0. The summed E-state index contributed by atoms with van der Waals surface area (Å²) in [6.45, 7) is 3.25. The number of para-hydroxylation sites is 1. The summed E-state index contributed by atoms with van der Waals surface area (Å²) in [6, 6.07) is 3.08. The smallest absolute Gasteiger partial charge is 0.326 e. The lowest BCUT2D eigenvalue weighted by molar-refractivity contribution is -0.143. The summed E-state index contributed by atoms with van der Waals surface area (Å²) in [5, 5.41) is 27.5. The van der Waals surface area contributed by atoms with Crippen molar-refractivity contribution in [2.24, 2.45) is 17.4 Å². The highest BCUT2D eigenvalue weighted by molar-refractivity contribution is 5.94. The quantitative estimate of drug-likeness (QED) is 0.135. The maximum atomic E-state index is 13.1. The highest BCUT2D eigenvalue weighted by atomic mass is 16.4. The first-order valence-corrected chi connectivity index (χ1v) is 12.9. The number of unbranched alkanes of at least 4 members (excludes halogenated alkanes) is 1. The van der Waals surface area contributed by atoms with Crippen LogP contribution in [-0.4, -0.2) is 76.2 Å². The second-order valence-corrected chi connectivity index (χ2v) is 9.47. The lowest BCUT2D eigenvalue weighted by atomic mass is 9.97. The number of carboxylic acid groups (broad SMARTS) is 1. The highest BCUT2D eigenvalue weighted by Gasteiger charge is 2.32. The van der Waals surface area contributed by atoms with Gasteiger partial charge in [-0.15, -0.1) is 0 Å². The van der Waals surface area contributed by atoms with Crippen molar-refractivity contribution in [2.75, 3.05) is 13.2 Å². The molecule has 12 nitrogen and oxygen atoms in total. The molecule has 10 N–H and O–H groups in total. The summed E-state index contributed by atoms with van der Waals surface area (Å²) in [7, 11) is 0. The van der Waals surface area contributed by atoms with Gasteiger partial charge >= 0.3 is 5.97 Å². The maximum absolute atomic E-state index is 13.1. The number of hydrogen-bond donors (Lipinski definition) is 8. The van der Waals surface area contributed by atoms with Gasteiger partial charge in [0.2, 0.25) is 17.7 Å². The molecule has 2 aromatic rings. The highest BCUT2D eigenvalue weighted by Crippen LogP contribution is 2.19. The van der Waals surface area contributed by atoms with E-state index in [-0.39, 0.29) is 18.8 Å². The van der Waals surface area contributed by atoms with E-state index in [0.29, 0.717) is 25.8 Å². The third kappa shape index (κ3) is 8.54. The number of H-pyrrole nitrogens is 1. The van der Waals surface area contributed by atoms with Gasteiger partial charge in [-0.2, -0.15) is 0 Å². The molecule has 38 heavy (non-hydrogen) atoms. The van der Waals surface area contributed by atoms with Gasteiger partial charge in [0.15, 0.2) is 0 Å². The van der Waals surface area contributed by atoms with Gasteiger partial charge in [-0.3, -0.25) is 14.4 Å². The molecule has 3 amide bonds. The number of aromatic nitrogens is 1. The number of aliphatic carboxylic acids is 1. The summed E-state index contributed by atoms with van der Waals surface area (Å²) < 4.78 is 0. The van der Waals surface area contributed by atoms with Crippen LogP contribution in [0.2, 0.25) is 0 Å². The van der Waals surface area contributed by atoms with Crippen molar-refractivity contribution in [3.8, 4) is 0 Å². The monoisotopic (exact) mass is 532 g/mol. The van der Waals surface area contributed by atoms with E-state index in [4.69, 9.17) is 11.5 Å². The molecule has 5 atom stereocenters. The molecule has 210 valence electrons. The first-order chi connectivity index (χ1) is 18.1. The number of benzene rings is 1. The molecule has 0 aliphatic heterocycles. The van der Waals surface area contributed by atoms with E-state index in [0.717, 1.165) is 16.5 Å². The van der Waals surface area contributed by atoms with Gasteiger partial charge in [0.1, 0.15) is 18.1 Å². The van der Waals surface area contributed by atoms with Gasteiger partial charge in [0.25, 0.3) is 0 Å². The molecule has 0 fully saturated rings. The predicted molar refractivity (Wildman–Crippen MR) is 143 cm³/mol. The molecule has 1 aromatic carbocycles. The fourth-order valence-corrected chi connectivity index (χ4v) is 4.07. The lowest BCUT2D eigenvalue weighted by Gasteiger charge is -2.27. The van der Waals surface area contributed by atoms with Gasteiger partial charge in [0, 0.05) is 17.1 Å². The SMILES string of the molecule is CCC(C)C(NC(=O)C(N)Cc1c[nH]c2ccccc12)C(=O)NC(CO)C(=O)NC(CCCCN)C(=O)O. The molecule has 1 heterocycles. The van der Waals surface area contributed by atoms with E-state index in [9.17, 15) is 29.4 Å². The fourth-order valence-electron chi connectivity index (χ4n) is 4.07. The van der Waals surface area contributed by atoms with Crippen LogP contribution >= 0.6 is 0 Å². The first kappa shape index (κ1) is 30.7. The number of fused-ring (bicyclic) bond motifs is 1. The molecule has 0 spiro atoms. The van der Waals surface area contributed by atoms with Crippen LogP contribution in [0.3, 0.4) is 0 Å². The van der Waals surface area contributed by atoms with E-state index < -0.39 is 54.5 Å². The number of carboxylic acids is 1. The number of rotatable bonds is 16. The van der Waals surface area contributed by atoms with Crippen molar-refractivity contribution in [3.05, 3.63) is 36.0 Å². The molecule has 0 bridgehead atoms. The Hall–Kier alpha value is -3.48. The van der Waals surface area contributed by atoms with Crippen LogP contribution in [0.25, 0.3) is 10.9 Å². The van der Waals surface area contributed by atoms with Gasteiger partial charge in [-0.05, 0) is 49.8 Å². The Morgan fingerprint density at radius 1 is 1.00 bits per heavy atom. The molecule has 0 aliphatic rings. The Kier molecular flexibility index (Phi) is 12.2. The maximum Gasteiger partial charge on any atom is 0.326 e. The molecule has 1 aromatic heterocycles. The van der Waals surface area contributed by atoms with Crippen molar-refractivity contribution in [1.29, 1.82) is 0 Å². The van der Waals surface area contributed by atoms with Crippen LogP contribution in [0.15, 0.2) is 30.5 Å². The Balaban J connectivity index is 2.05. The van der Waals surface area contributed by atoms with E-state index in [1.54, 1.807) is 13.1 Å². The van der Waals surface area contributed by atoms with Crippen molar-refractivity contribution < 1.29 is 29.4 Å². The van der Waals surface area contributed by atoms with Crippen LogP contribution < -0.4 is 27.4 Å². The Morgan fingerprint density at radius 3 is 2.32 bits per heavy atom. The zero-order valence-corrected chi connectivity index (χ0v) is 21.9. The number of hydrogen-bond acceptors (Lipinski definition) is 7. The lowest BCUT2D eigenvalue weighted by Crippen LogP contribution is -2.59. The standard InChI is InChI=1S/C26H40N6O6/c1-3-15(2)22(32-23(34)18(28)12-16-13-29-19-9-5-4-8-17(16)19)25(36)31-21(14-33)24(35)30-20(26(37)38)10-6-7-11-27/h4-5,8-9,13,15,18,20-22,29,33H,3,6-7,10-12,14,27-28H2,1-2H3,(H,30,35)(H,31,36)(H,32,34)(H,37,38). The summed E-state index contributed by atoms with van der Waals surface area (Å²) in [5.74, 6) is -3.61. The minimum Gasteiger partial charge on any atom is -0.480 e. The van der Waals surface area contributed by atoms with E-state index in [1.165, 1.54) is 0 Å². The minimum absolute atomic E-state index is 0.157. The molecular weight excluding hydrogens is 492 g/mol. The zero-order valence-electron chi connectivity index (χ0n) is 21.9. The number of carbonyl (C=O) groups excluding carboxylic acids is 3. The first-order valence-electron chi connectivity index (χ1n) is 12.9. The van der Waals surface area contributed by atoms with Gasteiger partial charge in [0.05, 0.1) is 12.6 Å². The Morgan fingerprint density at radius 2 is 1.68 bits per heavy atom. The molecule has 0 radical (unpaired) electrons. The average Bonchev–Trinajstić information content (AvgIpc) is 3.31. The van der Waals surface area contributed by atoms with E-state index >= 15 is 0 Å². The molecule has 2 rings (SSSR count). The third-order valence-corrected chi connectivity index (χ3v) is 6.62. The second-order valence-electron chi connectivity index (χ2n) is 9.47. The number of carbonyl (C=O) groups is 4. The van der Waals surface area contributed by atoms with Crippen LogP contribution in [0, 0.1) is 5.92 Å². The van der Waals surface area contributed by atoms with Crippen LogP contribution in [0.1, 0.15) is 45.1 Å². The summed E-state index contributed by atoms with van der Waals surface area (Å²) in [4.78, 5) is 53.4. The van der Waals surface area contributed by atoms with Gasteiger partial charge in [-0.25, -0.2) is 4.79 Å². The molecule has 5 unspecified atom stereocenters. The number of aliphatic hydroxyl groups is 1. The number of aliphatic hydroxyl groups excluding tert-OH is 1. The van der Waals surface area contributed by atoms with Crippen molar-refractivity contribution in [1.82, 2.24) is 20.9 Å². The summed E-state index contributed by atoms with van der Waals surface area (Å²) in [5.41, 5.74) is 13.4. The molecule has 12 heteroatoms. The zero-order chi connectivity index (χ0) is 28.2. The van der Waals surface area contributed by atoms with Crippen molar-refractivity contribution in [2.45, 2.75) is 70.1 Å². The van der Waals surface area contributed by atoms with Crippen molar-refractivity contribution >= 4 is 34.6 Å². The number of aromatic amines is 1. The van der Waals surface area contributed by atoms with Gasteiger partial charge < -0.3 is 42.6 Å². The van der Waals surface area contributed by atoms with E-state index in [1.807, 2.05) is 31.2 Å². The third-order valence-electron chi connectivity index (χ3n) is 6.62. The molecule has 0 aliphatic carbocycles. The van der Waals surface area contributed by atoms with E-state index in [2.05, 4.69) is 20.9 Å². The molecule has 0 saturated carbocycles. The topological polar surface area (TPSA) is 213 Å². The largest absolute Gasteiger partial charge is 0.480 e. The van der Waals surface area contributed by atoms with Crippen LogP contribution in [0.4, 0.5) is 0 Å². The van der Waals surface area contributed by atoms with Crippen molar-refractivity contribution in [3.63, 3.8) is 0 Å². The molecule has 0 saturated heterocycles. The van der Waals surface area contributed by atoms with Crippen LogP contribution in [-0.2, 0) is 25.6 Å². The normalized spacial score (nSPS) is 15.2. The number of nitrogens with two attached hydrogens (primary N) is 2. The van der Waals surface area contributed by atoms with Gasteiger partial charge in [-0.1, -0.05) is 38.5 Å². The fraction of sp³-hybridized carbons (Fsp3) is 0.538. The Bertz CT molecular complexity index is 1090. The summed E-state index contributed by atoms with van der Waals surface area (Å²) in [6.07, 6.45) is 3.82. The minimum atomic E-state index is -1.40.